The van der Waals surface area contributed by atoms with Crippen molar-refractivity contribution in [1.82, 2.24) is 0 Å². The Labute approximate surface area is 106 Å². The van der Waals surface area contributed by atoms with Crippen molar-refractivity contribution < 1.29 is 14.7 Å². The fraction of sp³-hybridized carbons (Fsp3) is 0.333. The van der Waals surface area contributed by atoms with Crippen LogP contribution in [0.1, 0.15) is 37.7 Å². The van der Waals surface area contributed by atoms with Gasteiger partial charge < -0.3 is 5.11 Å². The van der Waals surface area contributed by atoms with Gasteiger partial charge in [-0.25, -0.2) is 0 Å². The van der Waals surface area contributed by atoms with E-state index in [1.807, 2.05) is 30.3 Å². The number of aliphatic hydroxyl groups is 1. The van der Waals surface area contributed by atoms with E-state index in [1.54, 1.807) is 6.92 Å². The molecule has 3 heteroatoms. The maximum Gasteiger partial charge on any atom is 0.170 e. The molecule has 0 bridgehead atoms. The van der Waals surface area contributed by atoms with Crippen LogP contribution in [0.4, 0.5) is 0 Å². The lowest BCUT2D eigenvalue weighted by molar-refractivity contribution is -0.124. The molecule has 94 valence electrons. The average Bonchev–Trinajstić information content (AvgIpc) is 2.38. The molecule has 0 aromatic heterocycles. The number of carbonyl (C=O) groups is 2. The number of hydrogen-bond donors (Lipinski definition) is 1. The third kappa shape index (κ3) is 2.35. The molecular weight excluding hydrogens is 228 g/mol. The highest BCUT2D eigenvalue weighted by atomic mass is 16.3. The highest BCUT2D eigenvalue weighted by molar-refractivity contribution is 6.22. The van der Waals surface area contributed by atoms with Crippen LogP contribution in [0.15, 0.2) is 41.7 Å². The second-order valence-corrected chi connectivity index (χ2v) is 4.54. The molecule has 0 atom stereocenters. The summed E-state index contributed by atoms with van der Waals surface area (Å²) in [6.45, 7) is 1.73. The van der Waals surface area contributed by atoms with Gasteiger partial charge in [0.15, 0.2) is 11.6 Å². The molecule has 18 heavy (non-hydrogen) atoms. The summed E-state index contributed by atoms with van der Waals surface area (Å²) in [5.41, 5.74) is 1.03. The average molecular weight is 244 g/mol. The minimum Gasteiger partial charge on any atom is -0.511 e. The molecule has 0 radical (unpaired) electrons. The van der Waals surface area contributed by atoms with Crippen LogP contribution in [0.5, 0.6) is 0 Å². The van der Waals surface area contributed by atoms with Gasteiger partial charge in [-0.05, 0) is 11.5 Å². The van der Waals surface area contributed by atoms with E-state index in [2.05, 4.69) is 0 Å². The van der Waals surface area contributed by atoms with Gasteiger partial charge in [0.25, 0.3) is 0 Å². The third-order valence-electron chi connectivity index (χ3n) is 3.32. The fourth-order valence-electron chi connectivity index (χ4n) is 2.34. The van der Waals surface area contributed by atoms with Crippen LogP contribution in [-0.2, 0) is 9.59 Å². The van der Waals surface area contributed by atoms with E-state index in [-0.39, 0.29) is 28.8 Å². The van der Waals surface area contributed by atoms with Gasteiger partial charge in [-0.15, -0.1) is 0 Å². The molecule has 0 amide bonds. The monoisotopic (exact) mass is 244 g/mol. The Morgan fingerprint density at radius 3 is 2.22 bits per heavy atom. The molecule has 1 aromatic carbocycles. The molecule has 1 N–H and O–H groups in total. The largest absolute Gasteiger partial charge is 0.511 e. The first-order chi connectivity index (χ1) is 8.63. The van der Waals surface area contributed by atoms with Crippen LogP contribution in [0.3, 0.4) is 0 Å². The quantitative estimate of drug-likeness (QED) is 0.494. The van der Waals surface area contributed by atoms with E-state index in [0.29, 0.717) is 19.3 Å². The van der Waals surface area contributed by atoms with Gasteiger partial charge in [0.2, 0.25) is 0 Å². The van der Waals surface area contributed by atoms with Gasteiger partial charge in [-0.2, -0.15) is 0 Å². The van der Waals surface area contributed by atoms with Crippen LogP contribution in [0.25, 0.3) is 0 Å². The molecule has 3 nitrogen and oxygen atoms in total. The molecule has 0 unspecified atom stereocenters. The van der Waals surface area contributed by atoms with Crippen molar-refractivity contribution in [2.24, 2.45) is 0 Å². The predicted octanol–water partition coefficient (Wildman–Crippen LogP) is 2.92. The zero-order chi connectivity index (χ0) is 13.1. The standard InChI is InChI=1S/C15H16O3/c1-2-12(16)15-13(17)8-11(9-14(15)18)10-6-4-3-5-7-10/h3-7,11,16H,2,8-9H2,1H3. The van der Waals surface area contributed by atoms with Crippen LogP contribution in [0, 0.1) is 0 Å². The fourth-order valence-corrected chi connectivity index (χ4v) is 2.34. The number of hydrogen-bond acceptors (Lipinski definition) is 3. The summed E-state index contributed by atoms with van der Waals surface area (Å²) in [4.78, 5) is 23.9. The van der Waals surface area contributed by atoms with Crippen LogP contribution in [-0.4, -0.2) is 16.7 Å². The van der Waals surface area contributed by atoms with Crippen molar-refractivity contribution in [3.63, 3.8) is 0 Å². The highest BCUT2D eigenvalue weighted by Crippen LogP contribution is 2.32. The van der Waals surface area contributed by atoms with Crippen molar-refractivity contribution in [3.05, 3.63) is 47.2 Å². The lowest BCUT2D eigenvalue weighted by atomic mass is 9.79. The molecule has 1 aliphatic carbocycles. The lowest BCUT2D eigenvalue weighted by Crippen LogP contribution is -2.26. The molecule has 1 fully saturated rings. The predicted molar refractivity (Wildman–Crippen MR) is 68.4 cm³/mol. The first kappa shape index (κ1) is 12.6. The van der Waals surface area contributed by atoms with E-state index < -0.39 is 0 Å². The Morgan fingerprint density at radius 1 is 1.17 bits per heavy atom. The van der Waals surface area contributed by atoms with E-state index >= 15 is 0 Å². The second kappa shape index (κ2) is 5.17. The Hall–Kier alpha value is -1.90. The maximum atomic E-state index is 12.0. The summed E-state index contributed by atoms with van der Waals surface area (Å²) < 4.78 is 0. The van der Waals surface area contributed by atoms with Gasteiger partial charge in [0, 0.05) is 19.3 Å². The minimum absolute atomic E-state index is 0.0182. The molecule has 0 aliphatic heterocycles. The summed E-state index contributed by atoms with van der Waals surface area (Å²) in [5, 5.41) is 9.62. The van der Waals surface area contributed by atoms with Gasteiger partial charge in [-0.1, -0.05) is 37.3 Å². The Bertz CT molecular complexity index is 480. The smallest absolute Gasteiger partial charge is 0.170 e. The van der Waals surface area contributed by atoms with Crippen molar-refractivity contribution in [2.45, 2.75) is 32.1 Å². The molecule has 0 heterocycles. The first-order valence-electron chi connectivity index (χ1n) is 6.17. The Balaban J connectivity index is 2.26. The summed E-state index contributed by atoms with van der Waals surface area (Å²) >= 11 is 0. The zero-order valence-electron chi connectivity index (χ0n) is 10.3. The van der Waals surface area contributed by atoms with Gasteiger partial charge in [-0.3, -0.25) is 9.59 Å². The van der Waals surface area contributed by atoms with E-state index in [0.717, 1.165) is 5.56 Å². The van der Waals surface area contributed by atoms with Crippen LogP contribution in [0.2, 0.25) is 0 Å². The molecule has 1 saturated carbocycles. The zero-order valence-corrected chi connectivity index (χ0v) is 10.3. The molecule has 1 aliphatic rings. The number of Topliss-reactive ketones (excluding diaryl/α,β-unsaturated/α-hetero) is 2. The van der Waals surface area contributed by atoms with Gasteiger partial charge >= 0.3 is 0 Å². The molecule has 0 spiro atoms. The SMILES string of the molecule is CCC(O)=C1C(=O)CC(c2ccccc2)CC1=O. The Kier molecular flexibility index (Phi) is 3.60. The molecule has 0 saturated heterocycles. The molecular formula is C15H16O3. The van der Waals surface area contributed by atoms with E-state index in [4.69, 9.17) is 0 Å². The van der Waals surface area contributed by atoms with Crippen LogP contribution >= 0.6 is 0 Å². The van der Waals surface area contributed by atoms with Crippen molar-refractivity contribution in [1.29, 1.82) is 0 Å². The van der Waals surface area contributed by atoms with Gasteiger partial charge in [0.1, 0.15) is 5.76 Å². The highest BCUT2D eigenvalue weighted by Gasteiger charge is 2.33. The maximum absolute atomic E-state index is 12.0. The number of carbonyl (C=O) groups excluding carboxylic acids is 2. The summed E-state index contributed by atoms with van der Waals surface area (Å²) in [6.07, 6.45) is 0.924. The molecule has 2 rings (SSSR count). The summed E-state index contributed by atoms with van der Waals surface area (Å²) in [6, 6.07) is 9.57. The van der Waals surface area contributed by atoms with Gasteiger partial charge in [0.05, 0.1) is 5.57 Å². The van der Waals surface area contributed by atoms with Crippen LogP contribution < -0.4 is 0 Å². The summed E-state index contributed by atoms with van der Waals surface area (Å²) in [7, 11) is 0. The normalized spacial score (nSPS) is 20.1. The van der Waals surface area contributed by atoms with Crippen molar-refractivity contribution >= 4 is 11.6 Å². The number of benzene rings is 1. The number of rotatable bonds is 2. The van der Waals surface area contributed by atoms with E-state index in [9.17, 15) is 14.7 Å². The Morgan fingerprint density at radius 2 is 1.72 bits per heavy atom. The van der Waals surface area contributed by atoms with E-state index in [1.165, 1.54) is 0 Å². The second-order valence-electron chi connectivity index (χ2n) is 4.54. The minimum atomic E-state index is -0.237. The summed E-state index contributed by atoms with van der Waals surface area (Å²) in [5.74, 6) is -0.602. The molecule has 1 aromatic rings. The number of allylic oxidation sites excluding steroid dienone is 2. The number of aliphatic hydroxyl groups excluding tert-OH is 1. The lowest BCUT2D eigenvalue weighted by Gasteiger charge is -2.22. The topological polar surface area (TPSA) is 54.4 Å². The van der Waals surface area contributed by atoms with Crippen molar-refractivity contribution in [2.75, 3.05) is 0 Å². The van der Waals surface area contributed by atoms with Crippen molar-refractivity contribution in [3.8, 4) is 0 Å². The first-order valence-corrected chi connectivity index (χ1v) is 6.17. The third-order valence-corrected chi connectivity index (χ3v) is 3.32. The number of ketones is 2.